The van der Waals surface area contributed by atoms with E-state index < -0.39 is 4.92 Å². The van der Waals surface area contributed by atoms with E-state index in [-0.39, 0.29) is 36.3 Å². The standard InChI is InChI=1S/C20H24N4O4.ClH/c1-28-19-9-16(24(26)27)7-8-18(19)22-20(25)13-23-11-15(10-21)17(12-23)14-5-3-2-4-6-14;/h2-9,15,17H,10-13,21H2,1H3,(H,22,25);1H/t15-,17+;/m1./s1. The molecule has 3 rings (SSSR count). The molecule has 0 spiro atoms. The van der Waals surface area contributed by atoms with Crippen molar-refractivity contribution >= 4 is 29.7 Å². The van der Waals surface area contributed by atoms with Gasteiger partial charge in [-0.25, -0.2) is 0 Å². The molecule has 9 heteroatoms. The van der Waals surface area contributed by atoms with Crippen LogP contribution in [-0.4, -0.2) is 49.0 Å². The van der Waals surface area contributed by atoms with Gasteiger partial charge in [-0.2, -0.15) is 0 Å². The number of hydrogen-bond acceptors (Lipinski definition) is 6. The van der Waals surface area contributed by atoms with Gasteiger partial charge in [0.15, 0.2) is 0 Å². The minimum Gasteiger partial charge on any atom is -0.494 e. The van der Waals surface area contributed by atoms with Gasteiger partial charge >= 0.3 is 0 Å². The normalized spacial score (nSPS) is 18.7. The van der Waals surface area contributed by atoms with Crippen LogP contribution >= 0.6 is 12.4 Å². The number of carbonyl (C=O) groups is 1. The Hall–Kier alpha value is -2.68. The summed E-state index contributed by atoms with van der Waals surface area (Å²) in [6, 6.07) is 14.3. The highest BCUT2D eigenvalue weighted by atomic mass is 35.5. The van der Waals surface area contributed by atoms with Gasteiger partial charge in [-0.05, 0) is 24.1 Å². The number of halogens is 1. The highest BCUT2D eigenvalue weighted by Gasteiger charge is 2.33. The van der Waals surface area contributed by atoms with Crippen molar-refractivity contribution in [3.63, 3.8) is 0 Å². The zero-order chi connectivity index (χ0) is 20.1. The Morgan fingerprint density at radius 1 is 1.28 bits per heavy atom. The quantitative estimate of drug-likeness (QED) is 0.526. The van der Waals surface area contributed by atoms with E-state index in [0.717, 1.165) is 13.1 Å². The number of non-ortho nitro benzene ring substituents is 1. The number of amides is 1. The first kappa shape index (κ1) is 22.6. The number of rotatable bonds is 7. The molecule has 156 valence electrons. The van der Waals surface area contributed by atoms with E-state index in [2.05, 4.69) is 22.3 Å². The van der Waals surface area contributed by atoms with Gasteiger partial charge in [0.2, 0.25) is 5.91 Å². The molecule has 2 aromatic rings. The zero-order valence-electron chi connectivity index (χ0n) is 16.1. The maximum Gasteiger partial charge on any atom is 0.273 e. The summed E-state index contributed by atoms with van der Waals surface area (Å²) < 4.78 is 5.17. The third kappa shape index (κ3) is 5.44. The molecular weight excluding hydrogens is 396 g/mol. The molecular formula is C20H25ClN4O4. The van der Waals surface area contributed by atoms with Gasteiger partial charge in [-0.15, -0.1) is 12.4 Å². The van der Waals surface area contributed by atoms with Crippen molar-refractivity contribution in [2.45, 2.75) is 5.92 Å². The number of methoxy groups -OCH3 is 1. The van der Waals surface area contributed by atoms with E-state index in [4.69, 9.17) is 10.5 Å². The second-order valence-electron chi connectivity index (χ2n) is 6.90. The molecule has 0 aliphatic carbocycles. The van der Waals surface area contributed by atoms with Gasteiger partial charge in [0.05, 0.1) is 30.3 Å². The van der Waals surface area contributed by atoms with E-state index >= 15 is 0 Å². The lowest BCUT2D eigenvalue weighted by Gasteiger charge is -2.17. The average molecular weight is 421 g/mol. The number of nitrogens with zero attached hydrogens (tertiary/aromatic N) is 2. The number of nitrogens with two attached hydrogens (primary N) is 1. The summed E-state index contributed by atoms with van der Waals surface area (Å²) >= 11 is 0. The SMILES string of the molecule is COc1cc([N+](=O)[O-])ccc1NC(=O)CN1C[C@@H](CN)[C@H](c2ccccc2)C1.Cl. The van der Waals surface area contributed by atoms with Crippen molar-refractivity contribution < 1.29 is 14.5 Å². The van der Waals surface area contributed by atoms with Gasteiger partial charge in [-0.1, -0.05) is 30.3 Å². The fourth-order valence-electron chi connectivity index (χ4n) is 3.70. The van der Waals surface area contributed by atoms with Crippen molar-refractivity contribution in [1.82, 2.24) is 4.90 Å². The van der Waals surface area contributed by atoms with Crippen LogP contribution in [0.1, 0.15) is 11.5 Å². The number of nitrogens with one attached hydrogen (secondary N) is 1. The maximum absolute atomic E-state index is 12.5. The van der Waals surface area contributed by atoms with Crippen LogP contribution in [-0.2, 0) is 4.79 Å². The molecule has 3 N–H and O–H groups in total. The first-order valence-corrected chi connectivity index (χ1v) is 9.11. The van der Waals surface area contributed by atoms with Crippen LogP contribution < -0.4 is 15.8 Å². The van der Waals surface area contributed by atoms with Crippen molar-refractivity contribution in [1.29, 1.82) is 0 Å². The highest BCUT2D eigenvalue weighted by molar-refractivity contribution is 5.94. The Balaban J connectivity index is 0.00000300. The predicted molar refractivity (Wildman–Crippen MR) is 114 cm³/mol. The lowest BCUT2D eigenvalue weighted by atomic mass is 9.89. The molecule has 0 aromatic heterocycles. The van der Waals surface area contributed by atoms with Crippen molar-refractivity contribution in [3.8, 4) is 5.75 Å². The van der Waals surface area contributed by atoms with Crippen molar-refractivity contribution in [3.05, 3.63) is 64.2 Å². The van der Waals surface area contributed by atoms with Crippen LogP contribution in [0.5, 0.6) is 5.75 Å². The number of likely N-dealkylation sites (tertiary alicyclic amines) is 1. The minimum absolute atomic E-state index is 0. The van der Waals surface area contributed by atoms with Crippen LogP contribution in [0.15, 0.2) is 48.5 Å². The summed E-state index contributed by atoms with van der Waals surface area (Å²) in [5.41, 5.74) is 7.51. The molecule has 29 heavy (non-hydrogen) atoms. The van der Waals surface area contributed by atoms with E-state index in [9.17, 15) is 14.9 Å². The lowest BCUT2D eigenvalue weighted by Crippen LogP contribution is -2.32. The van der Waals surface area contributed by atoms with Crippen molar-refractivity contribution in [2.24, 2.45) is 11.7 Å². The Labute approximate surface area is 175 Å². The minimum atomic E-state index is -0.505. The summed E-state index contributed by atoms with van der Waals surface area (Å²) in [4.78, 5) is 25.0. The molecule has 1 aliphatic heterocycles. The van der Waals surface area contributed by atoms with Gasteiger partial charge in [-0.3, -0.25) is 19.8 Å². The number of benzene rings is 2. The van der Waals surface area contributed by atoms with Crippen molar-refractivity contribution in [2.75, 3.05) is 38.6 Å². The fraction of sp³-hybridized carbons (Fsp3) is 0.350. The van der Waals surface area contributed by atoms with E-state index in [0.29, 0.717) is 24.1 Å². The second-order valence-corrected chi connectivity index (χ2v) is 6.90. The first-order valence-electron chi connectivity index (χ1n) is 9.11. The molecule has 1 fully saturated rings. The summed E-state index contributed by atoms with van der Waals surface area (Å²) in [5, 5.41) is 13.7. The van der Waals surface area contributed by atoms with E-state index in [1.54, 1.807) is 0 Å². The highest BCUT2D eigenvalue weighted by Crippen LogP contribution is 2.32. The van der Waals surface area contributed by atoms with Crippen LogP contribution in [0.3, 0.4) is 0 Å². The largest absolute Gasteiger partial charge is 0.494 e. The summed E-state index contributed by atoms with van der Waals surface area (Å²) in [5.74, 6) is 0.652. The fourth-order valence-corrected chi connectivity index (χ4v) is 3.70. The van der Waals surface area contributed by atoms with Crippen LogP contribution in [0.4, 0.5) is 11.4 Å². The Bertz CT molecular complexity index is 850. The number of nitro groups is 1. The second kappa shape index (κ2) is 10.2. The first-order chi connectivity index (χ1) is 13.5. The maximum atomic E-state index is 12.5. The van der Waals surface area contributed by atoms with Crippen LogP contribution in [0.25, 0.3) is 0 Å². The van der Waals surface area contributed by atoms with Crippen LogP contribution in [0.2, 0.25) is 0 Å². The Morgan fingerprint density at radius 2 is 2.00 bits per heavy atom. The molecule has 0 radical (unpaired) electrons. The number of nitro benzene ring substituents is 1. The topological polar surface area (TPSA) is 111 Å². The van der Waals surface area contributed by atoms with Crippen LogP contribution in [0, 0.1) is 16.0 Å². The predicted octanol–water partition coefficient (Wildman–Crippen LogP) is 2.64. The summed E-state index contributed by atoms with van der Waals surface area (Å²) in [6.45, 7) is 2.30. The molecule has 2 atom stereocenters. The van der Waals surface area contributed by atoms with Gasteiger partial charge in [0.25, 0.3) is 5.69 Å². The Morgan fingerprint density at radius 3 is 2.62 bits per heavy atom. The number of hydrogen-bond donors (Lipinski definition) is 2. The molecule has 1 amide bonds. The van der Waals surface area contributed by atoms with E-state index in [1.807, 2.05) is 18.2 Å². The molecule has 1 saturated heterocycles. The smallest absolute Gasteiger partial charge is 0.273 e. The summed E-state index contributed by atoms with van der Waals surface area (Å²) in [6.07, 6.45) is 0. The van der Waals surface area contributed by atoms with Gasteiger partial charge in [0, 0.05) is 25.1 Å². The average Bonchev–Trinajstić information content (AvgIpc) is 3.11. The third-order valence-electron chi connectivity index (χ3n) is 5.08. The molecule has 2 aromatic carbocycles. The third-order valence-corrected chi connectivity index (χ3v) is 5.08. The molecule has 1 aliphatic rings. The molecule has 0 saturated carbocycles. The molecule has 1 heterocycles. The molecule has 8 nitrogen and oxygen atoms in total. The monoisotopic (exact) mass is 420 g/mol. The number of anilines is 1. The number of ether oxygens (including phenoxy) is 1. The lowest BCUT2D eigenvalue weighted by molar-refractivity contribution is -0.384. The zero-order valence-corrected chi connectivity index (χ0v) is 16.9. The molecule has 0 bridgehead atoms. The number of carbonyl (C=O) groups excluding carboxylic acids is 1. The Kier molecular flexibility index (Phi) is 7.95. The van der Waals surface area contributed by atoms with Gasteiger partial charge < -0.3 is 15.8 Å². The van der Waals surface area contributed by atoms with E-state index in [1.165, 1.54) is 30.9 Å². The summed E-state index contributed by atoms with van der Waals surface area (Å²) in [7, 11) is 1.41. The molecule has 0 unspecified atom stereocenters. The van der Waals surface area contributed by atoms with Gasteiger partial charge in [0.1, 0.15) is 5.75 Å².